The maximum atomic E-state index is 15.7. The third kappa shape index (κ3) is 4.76. The van der Waals surface area contributed by atoms with Gasteiger partial charge in [0.25, 0.3) is 0 Å². The minimum atomic E-state index is -0.277. The van der Waals surface area contributed by atoms with Crippen LogP contribution in [0.15, 0.2) is 66.7 Å². The molecule has 4 rings (SSSR count). The van der Waals surface area contributed by atoms with E-state index < -0.39 is 0 Å². The lowest BCUT2D eigenvalue weighted by Gasteiger charge is -2.14. The highest BCUT2D eigenvalue weighted by Crippen LogP contribution is 2.35. The molecule has 0 radical (unpaired) electrons. The summed E-state index contributed by atoms with van der Waals surface area (Å²) in [7, 11) is 0. The molecule has 0 bridgehead atoms. The van der Waals surface area contributed by atoms with E-state index in [1.807, 2.05) is 56.3 Å². The average molecular weight is 433 g/mol. The SMILES string of the molecule is Cc1ccc2c(c1)c(F)c(-c1ccccc1C)n2Cc1ccc(CCNCCCF)cc1. The van der Waals surface area contributed by atoms with Crippen molar-refractivity contribution < 1.29 is 8.78 Å². The molecule has 2 nitrogen and oxygen atoms in total. The Balaban J connectivity index is 1.64. The van der Waals surface area contributed by atoms with Gasteiger partial charge in [0.15, 0.2) is 5.82 Å². The summed E-state index contributed by atoms with van der Waals surface area (Å²) < 4.78 is 30.0. The summed E-state index contributed by atoms with van der Waals surface area (Å²) >= 11 is 0. The molecule has 0 saturated heterocycles. The van der Waals surface area contributed by atoms with Crippen LogP contribution in [0.25, 0.3) is 22.2 Å². The minimum absolute atomic E-state index is 0.158. The summed E-state index contributed by atoms with van der Waals surface area (Å²) in [5.74, 6) is -0.158. The van der Waals surface area contributed by atoms with Gasteiger partial charge in [-0.1, -0.05) is 60.2 Å². The van der Waals surface area contributed by atoms with Crippen LogP contribution in [0.1, 0.15) is 28.7 Å². The molecule has 1 aromatic heterocycles. The Morgan fingerprint density at radius 2 is 1.62 bits per heavy atom. The van der Waals surface area contributed by atoms with E-state index in [0.29, 0.717) is 30.6 Å². The van der Waals surface area contributed by atoms with E-state index >= 15 is 4.39 Å². The van der Waals surface area contributed by atoms with Gasteiger partial charge in [-0.05, 0) is 68.6 Å². The standard InChI is InChI=1S/C28H30F2N2/c1-20-8-13-26-25(18-20)27(30)28(24-7-4-3-6-21(24)2)32(26)19-23-11-9-22(10-12-23)14-17-31-16-5-15-29/h3-4,6-13,18,31H,5,14-17,19H2,1-2H3. The van der Waals surface area contributed by atoms with Crippen molar-refractivity contribution in [3.8, 4) is 11.3 Å². The number of hydrogen-bond donors (Lipinski definition) is 1. The van der Waals surface area contributed by atoms with E-state index in [9.17, 15) is 4.39 Å². The number of alkyl halides is 1. The molecule has 0 unspecified atom stereocenters. The van der Waals surface area contributed by atoms with Gasteiger partial charge in [0.05, 0.1) is 17.9 Å². The molecule has 3 aromatic carbocycles. The van der Waals surface area contributed by atoms with Crippen molar-refractivity contribution in [1.29, 1.82) is 0 Å². The van der Waals surface area contributed by atoms with Crippen LogP contribution in [0.3, 0.4) is 0 Å². The van der Waals surface area contributed by atoms with Crippen molar-refractivity contribution in [2.24, 2.45) is 0 Å². The van der Waals surface area contributed by atoms with Gasteiger partial charge in [0.1, 0.15) is 0 Å². The fourth-order valence-electron chi connectivity index (χ4n) is 4.24. The number of aromatic nitrogens is 1. The van der Waals surface area contributed by atoms with Gasteiger partial charge < -0.3 is 9.88 Å². The fraction of sp³-hybridized carbons (Fsp3) is 0.286. The molecular weight excluding hydrogens is 402 g/mol. The van der Waals surface area contributed by atoms with Gasteiger partial charge in [-0.15, -0.1) is 0 Å². The first-order valence-electron chi connectivity index (χ1n) is 11.3. The zero-order valence-electron chi connectivity index (χ0n) is 18.8. The number of nitrogens with one attached hydrogen (secondary N) is 1. The third-order valence-corrected chi connectivity index (χ3v) is 6.00. The maximum Gasteiger partial charge on any atom is 0.156 e. The molecule has 0 saturated carbocycles. The van der Waals surface area contributed by atoms with E-state index in [4.69, 9.17) is 0 Å². The van der Waals surface area contributed by atoms with Crippen molar-refractivity contribution in [3.05, 3.63) is 94.8 Å². The van der Waals surface area contributed by atoms with Crippen LogP contribution in [-0.2, 0) is 13.0 Å². The quantitative estimate of drug-likeness (QED) is 0.295. The zero-order valence-corrected chi connectivity index (χ0v) is 18.8. The number of halogens is 2. The molecule has 0 fully saturated rings. The Bertz CT molecular complexity index is 1190. The number of aryl methyl sites for hydroxylation is 2. The van der Waals surface area contributed by atoms with E-state index in [2.05, 4.69) is 34.1 Å². The van der Waals surface area contributed by atoms with Crippen LogP contribution in [0.5, 0.6) is 0 Å². The fourth-order valence-corrected chi connectivity index (χ4v) is 4.24. The van der Waals surface area contributed by atoms with Gasteiger partial charge in [-0.3, -0.25) is 4.39 Å². The Morgan fingerprint density at radius 1 is 0.875 bits per heavy atom. The van der Waals surface area contributed by atoms with Gasteiger partial charge in [0.2, 0.25) is 0 Å². The lowest BCUT2D eigenvalue weighted by molar-refractivity contribution is 0.460. The monoisotopic (exact) mass is 432 g/mol. The maximum absolute atomic E-state index is 15.7. The Labute approximate surface area is 188 Å². The number of rotatable bonds is 9. The molecular formula is C28H30F2N2. The van der Waals surface area contributed by atoms with Gasteiger partial charge in [-0.25, -0.2) is 4.39 Å². The third-order valence-electron chi connectivity index (χ3n) is 6.00. The highest BCUT2D eigenvalue weighted by molar-refractivity contribution is 5.89. The average Bonchev–Trinajstić information content (AvgIpc) is 3.06. The van der Waals surface area contributed by atoms with Gasteiger partial charge in [-0.2, -0.15) is 0 Å². The van der Waals surface area contributed by atoms with E-state index in [1.54, 1.807) is 0 Å². The first-order valence-corrected chi connectivity index (χ1v) is 11.3. The molecule has 1 N–H and O–H groups in total. The summed E-state index contributed by atoms with van der Waals surface area (Å²) in [6.45, 7) is 5.89. The van der Waals surface area contributed by atoms with E-state index in [1.165, 1.54) is 5.56 Å². The minimum Gasteiger partial charge on any atom is -0.334 e. The Kier molecular flexibility index (Phi) is 7.01. The molecule has 166 valence electrons. The van der Waals surface area contributed by atoms with Crippen LogP contribution in [-0.4, -0.2) is 24.3 Å². The summed E-state index contributed by atoms with van der Waals surface area (Å²) in [5.41, 5.74) is 6.95. The van der Waals surface area contributed by atoms with Crippen molar-refractivity contribution >= 4 is 10.9 Å². The van der Waals surface area contributed by atoms with E-state index in [0.717, 1.165) is 40.7 Å². The zero-order chi connectivity index (χ0) is 22.5. The molecule has 4 heteroatoms. The summed E-state index contributed by atoms with van der Waals surface area (Å²) in [6, 6.07) is 22.5. The number of nitrogens with zero attached hydrogens (tertiary/aromatic N) is 1. The molecule has 0 atom stereocenters. The van der Waals surface area contributed by atoms with Crippen LogP contribution >= 0.6 is 0 Å². The van der Waals surface area contributed by atoms with Crippen LogP contribution in [0.2, 0.25) is 0 Å². The lowest BCUT2D eigenvalue weighted by Crippen LogP contribution is -2.18. The lowest BCUT2D eigenvalue weighted by atomic mass is 10.0. The van der Waals surface area contributed by atoms with Crippen molar-refractivity contribution in [1.82, 2.24) is 9.88 Å². The van der Waals surface area contributed by atoms with Crippen LogP contribution < -0.4 is 5.32 Å². The normalized spacial score (nSPS) is 11.4. The predicted octanol–water partition coefficient (Wildman–Crippen LogP) is 6.60. The molecule has 4 aromatic rings. The van der Waals surface area contributed by atoms with Crippen molar-refractivity contribution in [2.75, 3.05) is 19.8 Å². The second kappa shape index (κ2) is 10.1. The van der Waals surface area contributed by atoms with Crippen LogP contribution in [0, 0.1) is 19.7 Å². The van der Waals surface area contributed by atoms with Gasteiger partial charge in [0, 0.05) is 17.5 Å². The first kappa shape index (κ1) is 22.2. The molecule has 0 spiro atoms. The summed E-state index contributed by atoms with van der Waals surface area (Å²) in [6.07, 6.45) is 1.46. The second-order valence-corrected chi connectivity index (χ2v) is 8.44. The number of benzene rings is 3. The molecule has 0 aliphatic carbocycles. The number of hydrogen-bond acceptors (Lipinski definition) is 1. The largest absolute Gasteiger partial charge is 0.334 e. The molecule has 1 heterocycles. The Hall–Kier alpha value is -2.98. The summed E-state index contributed by atoms with van der Waals surface area (Å²) in [5, 5.41) is 3.93. The Morgan fingerprint density at radius 3 is 2.38 bits per heavy atom. The molecule has 0 aliphatic rings. The number of fused-ring (bicyclic) bond motifs is 1. The molecule has 0 amide bonds. The highest BCUT2D eigenvalue weighted by Gasteiger charge is 2.20. The predicted molar refractivity (Wildman–Crippen MR) is 130 cm³/mol. The second-order valence-electron chi connectivity index (χ2n) is 8.44. The van der Waals surface area contributed by atoms with Gasteiger partial charge >= 0.3 is 0 Å². The molecule has 32 heavy (non-hydrogen) atoms. The van der Waals surface area contributed by atoms with Crippen molar-refractivity contribution in [3.63, 3.8) is 0 Å². The highest BCUT2D eigenvalue weighted by atomic mass is 19.1. The van der Waals surface area contributed by atoms with E-state index in [-0.39, 0.29) is 12.5 Å². The topological polar surface area (TPSA) is 17.0 Å². The summed E-state index contributed by atoms with van der Waals surface area (Å²) in [4.78, 5) is 0. The van der Waals surface area contributed by atoms with Crippen LogP contribution in [0.4, 0.5) is 8.78 Å². The van der Waals surface area contributed by atoms with Crippen molar-refractivity contribution in [2.45, 2.75) is 33.2 Å². The smallest absolute Gasteiger partial charge is 0.156 e. The first-order chi connectivity index (χ1) is 15.6. The molecule has 0 aliphatic heterocycles.